The van der Waals surface area contributed by atoms with E-state index in [2.05, 4.69) is 43.4 Å². The van der Waals surface area contributed by atoms with Crippen molar-refractivity contribution in [1.82, 2.24) is 5.32 Å². The van der Waals surface area contributed by atoms with E-state index in [0.29, 0.717) is 0 Å². The van der Waals surface area contributed by atoms with Crippen molar-refractivity contribution in [3.05, 3.63) is 35.9 Å². The molecule has 0 bridgehead atoms. The molecule has 0 heterocycles. The fourth-order valence-electron chi connectivity index (χ4n) is 1.72. The second-order valence-electron chi connectivity index (χ2n) is 5.01. The number of benzene rings is 1. The molecule has 0 spiro atoms. The van der Waals surface area contributed by atoms with E-state index >= 15 is 0 Å². The fraction of sp³-hybridized carbons (Fsp3) is 0.571. The molecular weight excluding hydrogens is 198 g/mol. The SMILES string of the molecule is COCC(C)(C)CCNCc1ccccc1. The molecule has 0 amide bonds. The van der Waals surface area contributed by atoms with E-state index in [1.165, 1.54) is 5.56 Å². The number of nitrogens with one attached hydrogen (secondary N) is 1. The maximum absolute atomic E-state index is 5.19. The third-order valence-corrected chi connectivity index (χ3v) is 2.69. The molecule has 1 N–H and O–H groups in total. The summed E-state index contributed by atoms with van der Waals surface area (Å²) in [5, 5.41) is 3.46. The Kier molecular flexibility index (Phi) is 5.50. The summed E-state index contributed by atoms with van der Waals surface area (Å²) >= 11 is 0. The van der Waals surface area contributed by atoms with Gasteiger partial charge >= 0.3 is 0 Å². The average molecular weight is 221 g/mol. The van der Waals surface area contributed by atoms with Gasteiger partial charge in [-0.1, -0.05) is 44.2 Å². The van der Waals surface area contributed by atoms with Crippen LogP contribution in [0.2, 0.25) is 0 Å². The Morgan fingerprint density at radius 1 is 1.19 bits per heavy atom. The maximum Gasteiger partial charge on any atom is 0.0513 e. The Balaban J connectivity index is 2.17. The molecule has 0 saturated heterocycles. The molecule has 0 aliphatic heterocycles. The maximum atomic E-state index is 5.19. The zero-order valence-corrected chi connectivity index (χ0v) is 10.6. The first-order valence-corrected chi connectivity index (χ1v) is 5.88. The van der Waals surface area contributed by atoms with Crippen LogP contribution >= 0.6 is 0 Å². The molecule has 0 saturated carbocycles. The van der Waals surface area contributed by atoms with Gasteiger partial charge in [0, 0.05) is 13.7 Å². The molecule has 1 rings (SSSR count). The van der Waals surface area contributed by atoms with Gasteiger partial charge in [-0.25, -0.2) is 0 Å². The van der Waals surface area contributed by atoms with Crippen LogP contribution in [0, 0.1) is 5.41 Å². The number of rotatable bonds is 7. The third kappa shape index (κ3) is 5.29. The van der Waals surface area contributed by atoms with Crippen LogP contribution in [0.3, 0.4) is 0 Å². The lowest BCUT2D eigenvalue weighted by Crippen LogP contribution is -2.25. The Hall–Kier alpha value is -0.860. The highest BCUT2D eigenvalue weighted by molar-refractivity contribution is 5.14. The normalized spacial score (nSPS) is 11.7. The number of methoxy groups -OCH3 is 1. The first-order chi connectivity index (χ1) is 7.64. The molecule has 0 aliphatic rings. The van der Waals surface area contributed by atoms with Gasteiger partial charge < -0.3 is 10.1 Å². The number of hydrogen-bond donors (Lipinski definition) is 1. The predicted octanol–water partition coefficient (Wildman–Crippen LogP) is 2.84. The van der Waals surface area contributed by atoms with Crippen LogP contribution in [0.15, 0.2) is 30.3 Å². The van der Waals surface area contributed by atoms with Gasteiger partial charge in [0.2, 0.25) is 0 Å². The van der Waals surface area contributed by atoms with Crippen molar-refractivity contribution >= 4 is 0 Å². The van der Waals surface area contributed by atoms with Crippen molar-refractivity contribution in [2.75, 3.05) is 20.3 Å². The van der Waals surface area contributed by atoms with Gasteiger partial charge in [-0.2, -0.15) is 0 Å². The van der Waals surface area contributed by atoms with Crippen LogP contribution in [0.4, 0.5) is 0 Å². The van der Waals surface area contributed by atoms with Gasteiger partial charge in [-0.15, -0.1) is 0 Å². The summed E-state index contributed by atoms with van der Waals surface area (Å²) < 4.78 is 5.19. The van der Waals surface area contributed by atoms with E-state index in [0.717, 1.165) is 26.1 Å². The molecule has 1 aromatic rings. The van der Waals surface area contributed by atoms with E-state index in [1.807, 2.05) is 6.07 Å². The topological polar surface area (TPSA) is 21.3 Å². The Bertz CT molecular complexity index is 282. The monoisotopic (exact) mass is 221 g/mol. The van der Waals surface area contributed by atoms with Crippen LogP contribution in [0.1, 0.15) is 25.8 Å². The molecule has 90 valence electrons. The van der Waals surface area contributed by atoms with Gasteiger partial charge in [0.05, 0.1) is 6.61 Å². The zero-order chi connectivity index (χ0) is 11.9. The first kappa shape index (κ1) is 13.2. The van der Waals surface area contributed by atoms with Crippen LogP contribution in [-0.4, -0.2) is 20.3 Å². The van der Waals surface area contributed by atoms with E-state index in [-0.39, 0.29) is 5.41 Å². The van der Waals surface area contributed by atoms with Crippen molar-refractivity contribution in [2.24, 2.45) is 5.41 Å². The van der Waals surface area contributed by atoms with Gasteiger partial charge in [0.15, 0.2) is 0 Å². The minimum atomic E-state index is 0.262. The number of ether oxygens (including phenoxy) is 1. The van der Waals surface area contributed by atoms with Crippen molar-refractivity contribution in [3.8, 4) is 0 Å². The lowest BCUT2D eigenvalue weighted by Gasteiger charge is -2.23. The minimum Gasteiger partial charge on any atom is -0.384 e. The quantitative estimate of drug-likeness (QED) is 0.715. The third-order valence-electron chi connectivity index (χ3n) is 2.69. The highest BCUT2D eigenvalue weighted by Crippen LogP contribution is 2.19. The Morgan fingerprint density at radius 3 is 2.50 bits per heavy atom. The van der Waals surface area contributed by atoms with Crippen LogP contribution in [0.25, 0.3) is 0 Å². The molecule has 0 radical (unpaired) electrons. The summed E-state index contributed by atoms with van der Waals surface area (Å²) in [5.74, 6) is 0. The minimum absolute atomic E-state index is 0.262. The Morgan fingerprint density at radius 2 is 1.88 bits per heavy atom. The smallest absolute Gasteiger partial charge is 0.0513 e. The summed E-state index contributed by atoms with van der Waals surface area (Å²) in [6.07, 6.45) is 1.13. The second-order valence-corrected chi connectivity index (χ2v) is 5.01. The summed E-state index contributed by atoms with van der Waals surface area (Å²) in [5.41, 5.74) is 1.60. The first-order valence-electron chi connectivity index (χ1n) is 5.88. The lowest BCUT2D eigenvalue weighted by molar-refractivity contribution is 0.0982. The summed E-state index contributed by atoms with van der Waals surface area (Å²) in [6.45, 7) is 7.27. The summed E-state index contributed by atoms with van der Waals surface area (Å²) in [6, 6.07) is 10.5. The standard InChI is InChI=1S/C14H23NO/c1-14(2,12-16-3)9-10-15-11-13-7-5-4-6-8-13/h4-8,15H,9-12H2,1-3H3. The van der Waals surface area contributed by atoms with Crippen molar-refractivity contribution in [3.63, 3.8) is 0 Å². The highest BCUT2D eigenvalue weighted by atomic mass is 16.5. The lowest BCUT2D eigenvalue weighted by atomic mass is 9.90. The fourth-order valence-corrected chi connectivity index (χ4v) is 1.72. The predicted molar refractivity (Wildman–Crippen MR) is 68.4 cm³/mol. The number of hydrogen-bond acceptors (Lipinski definition) is 2. The molecule has 0 fully saturated rings. The zero-order valence-electron chi connectivity index (χ0n) is 10.6. The van der Waals surface area contributed by atoms with Gasteiger partial charge in [0.1, 0.15) is 0 Å². The Labute approximate surface area is 99.0 Å². The van der Waals surface area contributed by atoms with Gasteiger partial charge in [0.25, 0.3) is 0 Å². The van der Waals surface area contributed by atoms with E-state index in [4.69, 9.17) is 4.74 Å². The summed E-state index contributed by atoms with van der Waals surface area (Å²) in [7, 11) is 1.76. The second kappa shape index (κ2) is 6.66. The molecule has 2 heteroatoms. The molecule has 0 unspecified atom stereocenters. The molecular formula is C14H23NO. The van der Waals surface area contributed by atoms with Crippen molar-refractivity contribution < 1.29 is 4.74 Å². The van der Waals surface area contributed by atoms with Crippen LogP contribution < -0.4 is 5.32 Å². The van der Waals surface area contributed by atoms with Gasteiger partial charge in [-0.05, 0) is 23.9 Å². The molecule has 0 aromatic heterocycles. The molecule has 2 nitrogen and oxygen atoms in total. The van der Waals surface area contributed by atoms with E-state index < -0.39 is 0 Å². The van der Waals surface area contributed by atoms with Crippen molar-refractivity contribution in [2.45, 2.75) is 26.8 Å². The van der Waals surface area contributed by atoms with Gasteiger partial charge in [-0.3, -0.25) is 0 Å². The largest absolute Gasteiger partial charge is 0.384 e. The van der Waals surface area contributed by atoms with Crippen molar-refractivity contribution in [1.29, 1.82) is 0 Å². The molecule has 0 aliphatic carbocycles. The molecule has 0 atom stereocenters. The molecule has 1 aromatic carbocycles. The van der Waals surface area contributed by atoms with Crippen LogP contribution in [0.5, 0.6) is 0 Å². The van der Waals surface area contributed by atoms with E-state index in [9.17, 15) is 0 Å². The van der Waals surface area contributed by atoms with E-state index in [1.54, 1.807) is 7.11 Å². The summed E-state index contributed by atoms with van der Waals surface area (Å²) in [4.78, 5) is 0. The molecule has 16 heavy (non-hydrogen) atoms. The highest BCUT2D eigenvalue weighted by Gasteiger charge is 2.16. The van der Waals surface area contributed by atoms with Crippen LogP contribution in [-0.2, 0) is 11.3 Å². The average Bonchev–Trinajstić information content (AvgIpc) is 2.26.